The third-order valence-corrected chi connectivity index (χ3v) is 2.91. The molecule has 0 amide bonds. The summed E-state index contributed by atoms with van der Waals surface area (Å²) in [6.45, 7) is 3.04. The van der Waals surface area contributed by atoms with Gasteiger partial charge in [0.05, 0.1) is 5.69 Å². The Morgan fingerprint density at radius 3 is 3.08 bits per heavy atom. The quantitative estimate of drug-likeness (QED) is 0.724. The van der Waals surface area contributed by atoms with E-state index in [9.17, 15) is 0 Å². The first-order chi connectivity index (χ1) is 5.77. The maximum Gasteiger partial charge on any atom is 0.180 e. The summed E-state index contributed by atoms with van der Waals surface area (Å²) in [4.78, 5) is 4.21. The molecule has 1 aromatic rings. The van der Waals surface area contributed by atoms with E-state index in [1.807, 2.05) is 5.38 Å². The summed E-state index contributed by atoms with van der Waals surface area (Å²) in [6, 6.07) is 0. The molecule has 1 aliphatic heterocycles. The van der Waals surface area contributed by atoms with Crippen LogP contribution in [-0.4, -0.2) is 11.6 Å². The number of thiazole rings is 1. The van der Waals surface area contributed by atoms with Crippen LogP contribution in [0.1, 0.15) is 25.1 Å². The Kier molecular flexibility index (Phi) is 2.02. The zero-order valence-corrected chi connectivity index (χ0v) is 7.80. The van der Waals surface area contributed by atoms with Crippen molar-refractivity contribution in [3.8, 4) is 0 Å². The first kappa shape index (κ1) is 8.01. The number of nitrogens with two attached hydrogens (primary N) is 1. The van der Waals surface area contributed by atoms with Crippen LogP contribution in [-0.2, 0) is 4.74 Å². The minimum Gasteiger partial charge on any atom is -0.375 e. The summed E-state index contributed by atoms with van der Waals surface area (Å²) in [5.41, 5.74) is 6.55. The normalized spacial score (nSPS) is 29.4. The second kappa shape index (κ2) is 3.03. The Labute approximate surface area is 75.6 Å². The van der Waals surface area contributed by atoms with Crippen LogP contribution >= 0.6 is 11.3 Å². The van der Waals surface area contributed by atoms with E-state index in [0.717, 1.165) is 18.7 Å². The van der Waals surface area contributed by atoms with E-state index in [2.05, 4.69) is 11.9 Å². The first-order valence-electron chi connectivity index (χ1n) is 4.10. The summed E-state index contributed by atoms with van der Waals surface area (Å²) >= 11 is 1.48. The van der Waals surface area contributed by atoms with Crippen LogP contribution in [0.2, 0.25) is 0 Å². The van der Waals surface area contributed by atoms with Crippen LogP contribution < -0.4 is 5.73 Å². The van der Waals surface area contributed by atoms with E-state index in [1.165, 1.54) is 11.3 Å². The lowest BCUT2D eigenvalue weighted by Gasteiger charge is -2.10. The van der Waals surface area contributed by atoms with Gasteiger partial charge in [-0.2, -0.15) is 0 Å². The molecule has 1 aromatic heterocycles. The minimum atomic E-state index is 0.179. The number of nitrogen functional groups attached to an aromatic ring is 1. The van der Waals surface area contributed by atoms with Crippen LogP contribution in [0.15, 0.2) is 5.38 Å². The van der Waals surface area contributed by atoms with Crippen LogP contribution in [0.3, 0.4) is 0 Å². The molecule has 0 saturated carbocycles. The predicted octanol–water partition coefficient (Wildman–Crippen LogP) is 1.82. The Bertz CT molecular complexity index is 274. The van der Waals surface area contributed by atoms with Crippen LogP contribution in [0, 0.1) is 5.92 Å². The van der Waals surface area contributed by atoms with Gasteiger partial charge >= 0.3 is 0 Å². The number of hydrogen-bond acceptors (Lipinski definition) is 4. The molecule has 66 valence electrons. The van der Waals surface area contributed by atoms with Crippen molar-refractivity contribution in [1.29, 1.82) is 0 Å². The molecule has 2 atom stereocenters. The van der Waals surface area contributed by atoms with Gasteiger partial charge in [0.25, 0.3) is 0 Å². The molecule has 0 spiro atoms. The van der Waals surface area contributed by atoms with E-state index < -0.39 is 0 Å². The second-order valence-corrected chi connectivity index (χ2v) is 4.06. The molecule has 0 aromatic carbocycles. The lowest BCUT2D eigenvalue weighted by Crippen LogP contribution is -2.04. The van der Waals surface area contributed by atoms with Gasteiger partial charge in [-0.15, -0.1) is 11.3 Å². The SMILES string of the molecule is CC1CCOC1c1csc(N)n1. The molecule has 1 fully saturated rings. The number of rotatable bonds is 1. The van der Waals surface area contributed by atoms with Crippen molar-refractivity contribution >= 4 is 16.5 Å². The van der Waals surface area contributed by atoms with Gasteiger partial charge in [0.2, 0.25) is 0 Å². The monoisotopic (exact) mass is 184 g/mol. The zero-order chi connectivity index (χ0) is 8.55. The summed E-state index contributed by atoms with van der Waals surface area (Å²) < 4.78 is 5.55. The van der Waals surface area contributed by atoms with Crippen molar-refractivity contribution in [1.82, 2.24) is 4.98 Å². The summed E-state index contributed by atoms with van der Waals surface area (Å²) in [6.07, 6.45) is 1.31. The summed E-state index contributed by atoms with van der Waals surface area (Å²) in [5.74, 6) is 0.575. The van der Waals surface area contributed by atoms with Gasteiger partial charge in [0.1, 0.15) is 6.10 Å². The van der Waals surface area contributed by atoms with Crippen molar-refractivity contribution in [2.45, 2.75) is 19.4 Å². The highest BCUT2D eigenvalue weighted by molar-refractivity contribution is 7.13. The van der Waals surface area contributed by atoms with E-state index in [1.54, 1.807) is 0 Å². The predicted molar refractivity (Wildman–Crippen MR) is 49.0 cm³/mol. The maximum atomic E-state index is 5.55. The standard InChI is InChI=1S/C8H12N2OS/c1-5-2-3-11-7(5)6-4-12-8(9)10-6/h4-5,7H,2-3H2,1H3,(H2,9,10). The molecule has 1 aliphatic rings. The largest absolute Gasteiger partial charge is 0.375 e. The highest BCUT2D eigenvalue weighted by atomic mass is 32.1. The molecule has 3 nitrogen and oxygen atoms in total. The van der Waals surface area contributed by atoms with Gasteiger partial charge in [-0.25, -0.2) is 4.98 Å². The number of hydrogen-bond donors (Lipinski definition) is 1. The van der Waals surface area contributed by atoms with Crippen molar-refractivity contribution in [3.63, 3.8) is 0 Å². The van der Waals surface area contributed by atoms with Gasteiger partial charge in [0, 0.05) is 12.0 Å². The molecule has 4 heteroatoms. The lowest BCUT2D eigenvalue weighted by molar-refractivity contribution is 0.0916. The Morgan fingerprint density at radius 2 is 2.58 bits per heavy atom. The van der Waals surface area contributed by atoms with E-state index in [4.69, 9.17) is 10.5 Å². The summed E-state index contributed by atoms with van der Waals surface area (Å²) in [7, 11) is 0. The number of aromatic nitrogens is 1. The number of anilines is 1. The molecule has 2 heterocycles. The van der Waals surface area contributed by atoms with E-state index in [0.29, 0.717) is 11.0 Å². The summed E-state index contributed by atoms with van der Waals surface area (Å²) in [5, 5.41) is 2.62. The smallest absolute Gasteiger partial charge is 0.180 e. The fourth-order valence-corrected chi connectivity index (χ4v) is 2.09. The third kappa shape index (κ3) is 1.32. The van der Waals surface area contributed by atoms with Crippen LogP contribution in [0.5, 0.6) is 0 Å². The van der Waals surface area contributed by atoms with Crippen LogP contribution in [0.4, 0.5) is 5.13 Å². The Morgan fingerprint density at radius 1 is 1.75 bits per heavy atom. The second-order valence-electron chi connectivity index (χ2n) is 3.17. The van der Waals surface area contributed by atoms with Crippen LogP contribution in [0.25, 0.3) is 0 Å². The average Bonchev–Trinajstić information content (AvgIpc) is 2.58. The van der Waals surface area contributed by atoms with Crippen molar-refractivity contribution < 1.29 is 4.74 Å². The van der Waals surface area contributed by atoms with Gasteiger partial charge in [-0.05, 0) is 12.3 Å². The molecule has 2 N–H and O–H groups in total. The van der Waals surface area contributed by atoms with Crippen molar-refractivity contribution in [3.05, 3.63) is 11.1 Å². The average molecular weight is 184 g/mol. The van der Waals surface area contributed by atoms with Gasteiger partial charge in [0.15, 0.2) is 5.13 Å². The lowest BCUT2D eigenvalue weighted by atomic mass is 10.0. The van der Waals surface area contributed by atoms with Crippen molar-refractivity contribution in [2.24, 2.45) is 5.92 Å². The molecule has 1 saturated heterocycles. The molecule has 0 aliphatic carbocycles. The molecule has 0 radical (unpaired) electrons. The number of ether oxygens (including phenoxy) is 1. The van der Waals surface area contributed by atoms with Gasteiger partial charge in [-0.3, -0.25) is 0 Å². The molecular formula is C8H12N2OS. The van der Waals surface area contributed by atoms with Gasteiger partial charge < -0.3 is 10.5 Å². The van der Waals surface area contributed by atoms with Gasteiger partial charge in [-0.1, -0.05) is 6.92 Å². The topological polar surface area (TPSA) is 48.1 Å². The zero-order valence-electron chi connectivity index (χ0n) is 6.99. The Hall–Kier alpha value is -0.610. The maximum absolute atomic E-state index is 5.55. The molecule has 0 bridgehead atoms. The highest BCUT2D eigenvalue weighted by Crippen LogP contribution is 2.34. The molecule has 2 rings (SSSR count). The fourth-order valence-electron chi connectivity index (χ4n) is 1.50. The van der Waals surface area contributed by atoms with E-state index in [-0.39, 0.29) is 6.10 Å². The molecular weight excluding hydrogens is 172 g/mol. The molecule has 2 unspecified atom stereocenters. The minimum absolute atomic E-state index is 0.179. The van der Waals surface area contributed by atoms with E-state index >= 15 is 0 Å². The fraction of sp³-hybridized carbons (Fsp3) is 0.625. The highest BCUT2D eigenvalue weighted by Gasteiger charge is 2.27. The molecule has 12 heavy (non-hydrogen) atoms. The Balaban J connectivity index is 2.19. The van der Waals surface area contributed by atoms with Crippen molar-refractivity contribution in [2.75, 3.05) is 12.3 Å². The first-order valence-corrected chi connectivity index (χ1v) is 4.98. The third-order valence-electron chi connectivity index (χ3n) is 2.22. The number of nitrogens with zero attached hydrogens (tertiary/aromatic N) is 1.